The van der Waals surface area contributed by atoms with Gasteiger partial charge in [-0.3, -0.25) is 4.98 Å². The number of rotatable bonds is 2. The van der Waals surface area contributed by atoms with E-state index in [0.717, 1.165) is 11.3 Å². The van der Waals surface area contributed by atoms with E-state index in [4.69, 9.17) is 14.6 Å². The van der Waals surface area contributed by atoms with E-state index >= 15 is 0 Å². The Kier molecular flexibility index (Phi) is 3.18. The lowest BCUT2D eigenvalue weighted by Crippen LogP contribution is -2.41. The first-order valence-corrected chi connectivity index (χ1v) is 6.04. The molecule has 0 saturated carbocycles. The van der Waals surface area contributed by atoms with Gasteiger partial charge in [0.1, 0.15) is 0 Å². The Hall–Kier alpha value is -1.38. The summed E-state index contributed by atoms with van der Waals surface area (Å²) in [7, 11) is -0.464. The Morgan fingerprint density at radius 1 is 1.22 bits per heavy atom. The molecule has 94 valence electrons. The van der Waals surface area contributed by atoms with Crippen LogP contribution in [0.4, 0.5) is 0 Å². The summed E-state index contributed by atoms with van der Waals surface area (Å²) in [6, 6.07) is 7.66. The lowest BCUT2D eigenvalue weighted by Gasteiger charge is -2.32. The molecule has 1 aliphatic heterocycles. The second kappa shape index (κ2) is 4.38. The number of pyridine rings is 1. The number of hydrogen-bond donors (Lipinski definition) is 0. The topological polar surface area (TPSA) is 55.1 Å². The van der Waals surface area contributed by atoms with Crippen molar-refractivity contribution in [2.45, 2.75) is 45.3 Å². The molecule has 0 N–H and O–H groups in total. The zero-order valence-electron chi connectivity index (χ0n) is 11.2. The van der Waals surface area contributed by atoms with Crippen molar-refractivity contribution in [2.75, 3.05) is 0 Å². The molecule has 0 bridgehead atoms. The molecule has 0 radical (unpaired) electrons. The predicted molar refractivity (Wildman–Crippen MR) is 69.3 cm³/mol. The molecule has 2 rings (SSSR count). The highest BCUT2D eigenvalue weighted by Crippen LogP contribution is 2.36. The SMILES string of the molecule is CC1(C)OB(c2cccc(CC#N)n2)OC1(C)C. The zero-order chi connectivity index (χ0) is 13.4. The van der Waals surface area contributed by atoms with Crippen LogP contribution < -0.4 is 5.59 Å². The first kappa shape index (κ1) is 13.1. The van der Waals surface area contributed by atoms with Crippen LogP contribution in [0.2, 0.25) is 0 Å². The minimum Gasteiger partial charge on any atom is -0.398 e. The Bertz CT molecular complexity index is 478. The Morgan fingerprint density at radius 2 is 1.83 bits per heavy atom. The van der Waals surface area contributed by atoms with E-state index < -0.39 is 7.12 Å². The van der Waals surface area contributed by atoms with Crippen LogP contribution in [0.15, 0.2) is 18.2 Å². The molecule has 0 atom stereocenters. The van der Waals surface area contributed by atoms with Gasteiger partial charge in [0.2, 0.25) is 0 Å². The van der Waals surface area contributed by atoms with Crippen molar-refractivity contribution < 1.29 is 9.31 Å². The lowest BCUT2D eigenvalue weighted by atomic mass is 9.84. The fourth-order valence-corrected chi connectivity index (χ4v) is 1.77. The Balaban J connectivity index is 2.24. The summed E-state index contributed by atoms with van der Waals surface area (Å²) in [6.07, 6.45) is 0.299. The standard InChI is InChI=1S/C13H17BN2O2/c1-12(2)13(3,4)18-14(17-12)11-7-5-6-10(16-11)8-9-15/h5-7H,8H2,1-4H3. The second-order valence-electron chi connectivity index (χ2n) is 5.48. The monoisotopic (exact) mass is 244 g/mol. The molecule has 0 aromatic carbocycles. The van der Waals surface area contributed by atoms with E-state index in [1.54, 1.807) is 0 Å². The predicted octanol–water partition coefficient (Wildman–Crippen LogP) is 1.45. The smallest absolute Gasteiger partial charge is 0.398 e. The summed E-state index contributed by atoms with van der Waals surface area (Å²) in [6.45, 7) is 8.02. The number of aromatic nitrogens is 1. The zero-order valence-corrected chi connectivity index (χ0v) is 11.2. The third-order valence-electron chi connectivity index (χ3n) is 3.58. The van der Waals surface area contributed by atoms with E-state index in [0.29, 0.717) is 6.42 Å². The number of nitrogens with zero attached hydrogens (tertiary/aromatic N) is 2. The van der Waals surface area contributed by atoms with Crippen LogP contribution in [0.1, 0.15) is 33.4 Å². The molecule has 5 heteroatoms. The molecule has 0 unspecified atom stereocenters. The first-order chi connectivity index (χ1) is 8.36. The molecular formula is C13H17BN2O2. The fraction of sp³-hybridized carbons (Fsp3) is 0.538. The molecule has 1 aliphatic rings. The fourth-order valence-electron chi connectivity index (χ4n) is 1.77. The van der Waals surface area contributed by atoms with Gasteiger partial charge in [0, 0.05) is 0 Å². The van der Waals surface area contributed by atoms with Crippen molar-refractivity contribution in [3.63, 3.8) is 0 Å². The minimum absolute atomic E-state index is 0.299. The van der Waals surface area contributed by atoms with Gasteiger partial charge in [0.15, 0.2) is 0 Å². The summed E-state index contributed by atoms with van der Waals surface area (Å²) in [5.74, 6) is 0. The average Bonchev–Trinajstić information content (AvgIpc) is 2.49. The molecule has 0 aliphatic carbocycles. The largest absolute Gasteiger partial charge is 0.514 e. The highest BCUT2D eigenvalue weighted by molar-refractivity contribution is 6.61. The van der Waals surface area contributed by atoms with Crippen LogP contribution in [0.25, 0.3) is 0 Å². The van der Waals surface area contributed by atoms with E-state index in [9.17, 15) is 0 Å². The molecule has 2 heterocycles. The van der Waals surface area contributed by atoms with Gasteiger partial charge in [-0.25, -0.2) is 0 Å². The molecular weight excluding hydrogens is 227 g/mol. The number of nitriles is 1. The quantitative estimate of drug-likeness (QED) is 0.739. The van der Waals surface area contributed by atoms with Crippen molar-refractivity contribution in [3.05, 3.63) is 23.9 Å². The summed E-state index contributed by atoms with van der Waals surface area (Å²) in [5, 5.41) is 8.69. The summed E-state index contributed by atoms with van der Waals surface area (Å²) in [4.78, 5) is 4.40. The summed E-state index contributed by atoms with van der Waals surface area (Å²) >= 11 is 0. The van der Waals surface area contributed by atoms with E-state index in [1.165, 1.54) is 0 Å². The minimum atomic E-state index is -0.464. The average molecular weight is 244 g/mol. The van der Waals surface area contributed by atoms with Gasteiger partial charge in [-0.05, 0) is 39.8 Å². The maximum Gasteiger partial charge on any atom is 0.514 e. The van der Waals surface area contributed by atoms with Crippen molar-refractivity contribution in [2.24, 2.45) is 0 Å². The van der Waals surface area contributed by atoms with Crippen molar-refractivity contribution >= 4 is 12.7 Å². The highest BCUT2D eigenvalue weighted by atomic mass is 16.7. The Labute approximate surface area is 108 Å². The van der Waals surface area contributed by atoms with Gasteiger partial charge in [0.25, 0.3) is 0 Å². The Morgan fingerprint density at radius 3 is 2.39 bits per heavy atom. The van der Waals surface area contributed by atoms with Gasteiger partial charge in [-0.15, -0.1) is 0 Å². The molecule has 1 saturated heterocycles. The van der Waals surface area contributed by atoms with Gasteiger partial charge < -0.3 is 9.31 Å². The molecule has 18 heavy (non-hydrogen) atoms. The van der Waals surface area contributed by atoms with Gasteiger partial charge in [-0.2, -0.15) is 5.26 Å². The lowest BCUT2D eigenvalue weighted by molar-refractivity contribution is 0.00578. The van der Waals surface area contributed by atoms with Gasteiger partial charge in [-0.1, -0.05) is 6.07 Å². The maximum absolute atomic E-state index is 8.69. The molecule has 0 spiro atoms. The molecule has 0 amide bonds. The van der Waals surface area contributed by atoms with Gasteiger partial charge >= 0.3 is 7.12 Å². The van der Waals surface area contributed by atoms with E-state index in [2.05, 4.69) is 11.1 Å². The van der Waals surface area contributed by atoms with Crippen molar-refractivity contribution in [3.8, 4) is 6.07 Å². The van der Waals surface area contributed by atoms with Crippen molar-refractivity contribution in [1.29, 1.82) is 5.26 Å². The normalized spacial score (nSPS) is 20.7. The van der Waals surface area contributed by atoms with Crippen LogP contribution in [0.5, 0.6) is 0 Å². The summed E-state index contributed by atoms with van der Waals surface area (Å²) < 4.78 is 11.8. The number of hydrogen-bond acceptors (Lipinski definition) is 4. The molecule has 4 nitrogen and oxygen atoms in total. The van der Waals surface area contributed by atoms with E-state index in [-0.39, 0.29) is 11.2 Å². The third-order valence-corrected chi connectivity index (χ3v) is 3.58. The molecule has 1 aromatic rings. The molecule has 1 fully saturated rings. The van der Waals surface area contributed by atoms with Crippen LogP contribution >= 0.6 is 0 Å². The second-order valence-corrected chi connectivity index (χ2v) is 5.48. The highest BCUT2D eigenvalue weighted by Gasteiger charge is 2.52. The maximum atomic E-state index is 8.69. The van der Waals surface area contributed by atoms with Crippen LogP contribution in [0.3, 0.4) is 0 Å². The van der Waals surface area contributed by atoms with Gasteiger partial charge in [0.05, 0.1) is 35.0 Å². The van der Waals surface area contributed by atoms with Crippen LogP contribution in [0, 0.1) is 11.3 Å². The van der Waals surface area contributed by atoms with Crippen molar-refractivity contribution in [1.82, 2.24) is 4.98 Å². The first-order valence-electron chi connectivity index (χ1n) is 6.04. The van der Waals surface area contributed by atoms with E-state index in [1.807, 2.05) is 45.9 Å². The third kappa shape index (κ3) is 2.26. The summed E-state index contributed by atoms with van der Waals surface area (Å²) in [5.41, 5.74) is 0.723. The van der Waals surface area contributed by atoms with Crippen LogP contribution in [-0.2, 0) is 15.7 Å². The molecule has 1 aromatic heterocycles. The van der Waals surface area contributed by atoms with Crippen LogP contribution in [-0.4, -0.2) is 23.3 Å².